The van der Waals surface area contributed by atoms with Gasteiger partial charge in [-0.05, 0) is 30.2 Å². The summed E-state index contributed by atoms with van der Waals surface area (Å²) in [7, 11) is 0. The number of hydrogen-bond donors (Lipinski definition) is 1. The molecule has 31 heavy (non-hydrogen) atoms. The third-order valence-electron chi connectivity index (χ3n) is 5.90. The summed E-state index contributed by atoms with van der Waals surface area (Å²) in [5.41, 5.74) is 11.2. The van der Waals surface area contributed by atoms with Crippen LogP contribution < -0.4 is 11.3 Å². The van der Waals surface area contributed by atoms with Gasteiger partial charge in [-0.1, -0.05) is 54.6 Å². The summed E-state index contributed by atoms with van der Waals surface area (Å²) in [5.74, 6) is 0.567. The number of fused-ring (bicyclic) bond motifs is 1. The number of benzene rings is 2. The van der Waals surface area contributed by atoms with Gasteiger partial charge < -0.3 is 5.73 Å². The van der Waals surface area contributed by atoms with Crippen molar-refractivity contribution in [3.63, 3.8) is 0 Å². The Kier molecular flexibility index (Phi) is 5.14. The molecule has 0 unspecified atom stereocenters. The summed E-state index contributed by atoms with van der Waals surface area (Å²) >= 11 is 0. The van der Waals surface area contributed by atoms with Gasteiger partial charge in [0.25, 0.3) is 5.56 Å². The van der Waals surface area contributed by atoms with Crippen molar-refractivity contribution in [2.75, 3.05) is 12.3 Å². The second-order valence-corrected chi connectivity index (χ2v) is 7.93. The molecule has 5 rings (SSSR count). The number of nitrogens with zero attached hydrogens (tertiary/aromatic N) is 4. The Balaban J connectivity index is 1.56. The Hall–Kier alpha value is -3.64. The van der Waals surface area contributed by atoms with Gasteiger partial charge in [0, 0.05) is 37.0 Å². The van der Waals surface area contributed by atoms with Gasteiger partial charge in [-0.15, -0.1) is 0 Å². The topological polar surface area (TPSA) is 69.1 Å². The maximum absolute atomic E-state index is 13.4. The Bertz CT molecular complexity index is 1240. The van der Waals surface area contributed by atoms with Gasteiger partial charge in [0.1, 0.15) is 5.82 Å². The highest BCUT2D eigenvalue weighted by molar-refractivity contribution is 5.39. The highest BCUT2D eigenvalue weighted by atomic mass is 16.1. The van der Waals surface area contributed by atoms with Crippen LogP contribution >= 0.6 is 0 Å². The van der Waals surface area contributed by atoms with E-state index in [-0.39, 0.29) is 5.56 Å². The number of nitrogens with two attached hydrogens (primary N) is 1. The molecular weight excluding hydrogens is 386 g/mol. The van der Waals surface area contributed by atoms with Crippen molar-refractivity contribution in [1.29, 1.82) is 0 Å². The second-order valence-electron chi connectivity index (χ2n) is 7.93. The van der Waals surface area contributed by atoms with E-state index in [1.54, 1.807) is 6.20 Å². The molecule has 0 spiro atoms. The molecule has 156 valence electrons. The standard InChI is InChI=1S/C25H25N5O/c26-24-20(10-7-14-27-24)17-28-15-13-22-23(18-28)29(16-19-8-3-1-4-9-19)30(25(22)31)21-11-5-2-6-12-21/h1-12,14H,13,15-18H2,(H2,26,27). The van der Waals surface area contributed by atoms with Crippen LogP contribution in [0.5, 0.6) is 0 Å². The van der Waals surface area contributed by atoms with Gasteiger partial charge in [0.15, 0.2) is 0 Å². The van der Waals surface area contributed by atoms with Gasteiger partial charge in [-0.25, -0.2) is 9.67 Å². The summed E-state index contributed by atoms with van der Waals surface area (Å²) in [6.45, 7) is 2.88. The molecule has 0 atom stereocenters. The number of anilines is 1. The molecular formula is C25H25N5O. The average Bonchev–Trinajstić information content (AvgIpc) is 3.07. The van der Waals surface area contributed by atoms with E-state index in [1.807, 2.05) is 65.3 Å². The van der Waals surface area contributed by atoms with Crippen molar-refractivity contribution < 1.29 is 0 Å². The number of para-hydroxylation sites is 1. The van der Waals surface area contributed by atoms with Crippen LogP contribution in [0.15, 0.2) is 83.8 Å². The summed E-state index contributed by atoms with van der Waals surface area (Å²) < 4.78 is 3.97. The molecule has 0 saturated heterocycles. The Labute approximate surface area is 181 Å². The van der Waals surface area contributed by atoms with Gasteiger partial charge in [-0.3, -0.25) is 14.4 Å². The van der Waals surface area contributed by atoms with Gasteiger partial charge >= 0.3 is 0 Å². The van der Waals surface area contributed by atoms with Crippen LogP contribution in [0.25, 0.3) is 5.69 Å². The fourth-order valence-electron chi connectivity index (χ4n) is 4.34. The molecule has 2 N–H and O–H groups in total. The number of pyridine rings is 1. The Morgan fingerprint density at radius 3 is 2.39 bits per heavy atom. The molecule has 0 bridgehead atoms. The smallest absolute Gasteiger partial charge is 0.274 e. The molecule has 0 saturated carbocycles. The number of rotatable bonds is 5. The van der Waals surface area contributed by atoms with Crippen molar-refractivity contribution in [2.24, 2.45) is 0 Å². The fourth-order valence-corrected chi connectivity index (χ4v) is 4.34. The van der Waals surface area contributed by atoms with E-state index in [0.717, 1.165) is 42.0 Å². The fraction of sp³-hybridized carbons (Fsp3) is 0.200. The lowest BCUT2D eigenvalue weighted by molar-refractivity contribution is 0.236. The second kappa shape index (κ2) is 8.24. The van der Waals surface area contributed by atoms with E-state index >= 15 is 0 Å². The molecule has 6 heteroatoms. The van der Waals surface area contributed by atoms with E-state index in [9.17, 15) is 4.79 Å². The molecule has 0 radical (unpaired) electrons. The number of aromatic nitrogens is 3. The molecule has 1 aliphatic rings. The van der Waals surface area contributed by atoms with Crippen molar-refractivity contribution in [3.05, 3.63) is 112 Å². The first-order valence-electron chi connectivity index (χ1n) is 10.6. The SMILES string of the molecule is Nc1ncccc1CN1CCc2c(n(Cc3ccccc3)n(-c3ccccc3)c2=O)C1. The van der Waals surface area contributed by atoms with Gasteiger partial charge in [-0.2, -0.15) is 0 Å². The van der Waals surface area contributed by atoms with Crippen molar-refractivity contribution in [1.82, 2.24) is 19.2 Å². The van der Waals surface area contributed by atoms with Crippen LogP contribution in [0, 0.1) is 0 Å². The number of nitrogen functional groups attached to an aromatic ring is 1. The maximum Gasteiger partial charge on any atom is 0.274 e. The van der Waals surface area contributed by atoms with Crippen LogP contribution in [0.4, 0.5) is 5.82 Å². The lowest BCUT2D eigenvalue weighted by Gasteiger charge is -2.28. The van der Waals surface area contributed by atoms with E-state index in [4.69, 9.17) is 5.73 Å². The van der Waals surface area contributed by atoms with Crippen LogP contribution in [0.1, 0.15) is 22.4 Å². The van der Waals surface area contributed by atoms with Crippen LogP contribution in [-0.4, -0.2) is 25.8 Å². The minimum absolute atomic E-state index is 0.0812. The lowest BCUT2D eigenvalue weighted by atomic mass is 10.1. The van der Waals surface area contributed by atoms with Gasteiger partial charge in [0.2, 0.25) is 0 Å². The summed E-state index contributed by atoms with van der Waals surface area (Å²) in [4.78, 5) is 20.0. The third kappa shape index (κ3) is 3.78. The molecule has 0 fully saturated rings. The number of hydrogen-bond acceptors (Lipinski definition) is 4. The molecule has 4 aromatic rings. The molecule has 0 aliphatic carbocycles. The minimum atomic E-state index is 0.0812. The van der Waals surface area contributed by atoms with E-state index in [1.165, 1.54) is 5.56 Å². The monoisotopic (exact) mass is 411 g/mol. The summed E-state index contributed by atoms with van der Waals surface area (Å²) in [6, 6.07) is 24.1. The first kappa shape index (κ1) is 19.3. The first-order chi connectivity index (χ1) is 15.2. The summed E-state index contributed by atoms with van der Waals surface area (Å²) in [6.07, 6.45) is 2.44. The normalized spacial score (nSPS) is 13.8. The Morgan fingerprint density at radius 1 is 0.903 bits per heavy atom. The zero-order chi connectivity index (χ0) is 21.2. The first-order valence-corrected chi connectivity index (χ1v) is 10.6. The molecule has 6 nitrogen and oxygen atoms in total. The van der Waals surface area contributed by atoms with Crippen LogP contribution in [0.3, 0.4) is 0 Å². The highest BCUT2D eigenvalue weighted by Gasteiger charge is 2.27. The van der Waals surface area contributed by atoms with Crippen molar-refractivity contribution in [2.45, 2.75) is 26.1 Å². The van der Waals surface area contributed by atoms with Crippen LogP contribution in [0.2, 0.25) is 0 Å². The zero-order valence-corrected chi connectivity index (χ0v) is 17.3. The molecule has 3 heterocycles. The zero-order valence-electron chi connectivity index (χ0n) is 17.3. The maximum atomic E-state index is 13.4. The molecule has 0 amide bonds. The van der Waals surface area contributed by atoms with Gasteiger partial charge in [0.05, 0.1) is 17.9 Å². The Morgan fingerprint density at radius 2 is 1.65 bits per heavy atom. The molecule has 1 aliphatic heterocycles. The van der Waals surface area contributed by atoms with E-state index in [2.05, 4.69) is 26.7 Å². The molecule has 2 aromatic carbocycles. The third-order valence-corrected chi connectivity index (χ3v) is 5.90. The van der Waals surface area contributed by atoms with Crippen molar-refractivity contribution in [3.8, 4) is 5.69 Å². The van der Waals surface area contributed by atoms with Crippen LogP contribution in [-0.2, 0) is 26.1 Å². The lowest BCUT2D eigenvalue weighted by Crippen LogP contribution is -2.32. The largest absolute Gasteiger partial charge is 0.383 e. The predicted molar refractivity (Wildman–Crippen MR) is 122 cm³/mol. The predicted octanol–water partition coefficient (Wildman–Crippen LogP) is 3.22. The highest BCUT2D eigenvalue weighted by Crippen LogP contribution is 2.23. The molecule has 2 aromatic heterocycles. The quantitative estimate of drug-likeness (QED) is 0.548. The van der Waals surface area contributed by atoms with Crippen molar-refractivity contribution >= 4 is 5.82 Å². The van der Waals surface area contributed by atoms with E-state index < -0.39 is 0 Å². The average molecular weight is 412 g/mol. The minimum Gasteiger partial charge on any atom is -0.383 e. The van der Waals surface area contributed by atoms with E-state index in [0.29, 0.717) is 18.9 Å². The summed E-state index contributed by atoms with van der Waals surface area (Å²) in [5, 5.41) is 0.